The Morgan fingerprint density at radius 3 is 2.06 bits per heavy atom. The minimum Gasteiger partial charge on any atom is -0.383 e. The summed E-state index contributed by atoms with van der Waals surface area (Å²) in [5.74, 6) is -4.35. The van der Waals surface area contributed by atoms with Crippen LogP contribution in [0.4, 0.5) is 17.6 Å². The lowest BCUT2D eigenvalue weighted by molar-refractivity contribution is 0.207. The Morgan fingerprint density at radius 1 is 0.889 bits per heavy atom. The first-order valence-corrected chi connectivity index (χ1v) is 4.92. The molecule has 1 atom stereocenters. The van der Waals surface area contributed by atoms with Crippen molar-refractivity contribution in [3.8, 4) is 0 Å². The number of hydrogen-bond donors (Lipinski definition) is 1. The molecule has 0 amide bonds. The average Bonchev–Trinajstić information content (AvgIpc) is 2.27. The Balaban J connectivity index is 2.49. The van der Waals surface area contributed by atoms with Gasteiger partial charge >= 0.3 is 0 Å². The molecule has 0 fully saturated rings. The molecule has 1 unspecified atom stereocenters. The van der Waals surface area contributed by atoms with Crippen molar-refractivity contribution in [2.45, 2.75) is 6.10 Å². The van der Waals surface area contributed by atoms with Crippen LogP contribution in [0.25, 0.3) is 0 Å². The van der Waals surface area contributed by atoms with Gasteiger partial charge in [-0.1, -0.05) is 0 Å². The summed E-state index contributed by atoms with van der Waals surface area (Å²) in [7, 11) is 0. The summed E-state index contributed by atoms with van der Waals surface area (Å²) < 4.78 is 52.4. The van der Waals surface area contributed by atoms with Crippen molar-refractivity contribution in [2.24, 2.45) is 0 Å². The maximum Gasteiger partial charge on any atom is 0.141 e. The summed E-state index contributed by atoms with van der Waals surface area (Å²) in [6.07, 6.45) is 0.192. The summed E-state index contributed by atoms with van der Waals surface area (Å²) in [4.78, 5) is 3.45. The number of aliphatic hydroxyl groups is 1. The molecule has 18 heavy (non-hydrogen) atoms. The van der Waals surface area contributed by atoms with Gasteiger partial charge in [-0.25, -0.2) is 17.6 Å². The number of benzene rings is 1. The van der Waals surface area contributed by atoms with Crippen LogP contribution in [0.5, 0.6) is 0 Å². The summed E-state index contributed by atoms with van der Waals surface area (Å²) in [6.45, 7) is 0. The predicted octanol–water partition coefficient (Wildman–Crippen LogP) is 2.72. The lowest BCUT2D eigenvalue weighted by Gasteiger charge is -2.13. The highest BCUT2D eigenvalue weighted by Crippen LogP contribution is 2.27. The SMILES string of the molecule is OC(c1cncc(F)c1)c1c(F)cc(F)cc1F. The second-order valence-electron chi connectivity index (χ2n) is 3.62. The Labute approximate surface area is 99.5 Å². The highest BCUT2D eigenvalue weighted by atomic mass is 19.1. The summed E-state index contributed by atoms with van der Waals surface area (Å²) in [5, 5.41) is 9.76. The molecule has 0 radical (unpaired) electrons. The minimum absolute atomic E-state index is 0.126. The van der Waals surface area contributed by atoms with Gasteiger partial charge in [0.2, 0.25) is 0 Å². The van der Waals surface area contributed by atoms with E-state index in [-0.39, 0.29) is 5.56 Å². The molecular weight excluding hydrogens is 250 g/mol. The fourth-order valence-electron chi connectivity index (χ4n) is 1.56. The van der Waals surface area contributed by atoms with Crippen LogP contribution in [0.15, 0.2) is 30.6 Å². The van der Waals surface area contributed by atoms with Gasteiger partial charge in [0.05, 0.1) is 11.8 Å². The van der Waals surface area contributed by atoms with Crippen molar-refractivity contribution in [1.29, 1.82) is 0 Å². The summed E-state index contributed by atoms with van der Waals surface area (Å²) >= 11 is 0. The number of aliphatic hydroxyl groups excluding tert-OH is 1. The standard InChI is InChI=1S/C12H7F4NO/c13-7-2-9(15)11(10(16)3-7)12(18)6-1-8(14)5-17-4-6/h1-5,12,18H. The average molecular weight is 257 g/mol. The lowest BCUT2D eigenvalue weighted by atomic mass is 10.0. The van der Waals surface area contributed by atoms with Gasteiger partial charge in [0, 0.05) is 23.9 Å². The molecule has 1 heterocycles. The normalized spacial score (nSPS) is 12.5. The Bertz CT molecular complexity index is 565. The molecule has 0 bridgehead atoms. The largest absolute Gasteiger partial charge is 0.383 e. The van der Waals surface area contributed by atoms with Gasteiger partial charge in [-0.3, -0.25) is 4.98 Å². The van der Waals surface area contributed by atoms with Crippen LogP contribution in [0.2, 0.25) is 0 Å². The summed E-state index contributed by atoms with van der Waals surface area (Å²) in [6, 6.07) is 1.77. The molecule has 1 aromatic heterocycles. The first-order chi connectivity index (χ1) is 8.49. The maximum absolute atomic E-state index is 13.4. The Morgan fingerprint density at radius 2 is 1.50 bits per heavy atom. The zero-order valence-corrected chi connectivity index (χ0v) is 8.87. The van der Waals surface area contributed by atoms with Gasteiger partial charge in [-0.05, 0) is 6.07 Å². The van der Waals surface area contributed by atoms with E-state index in [1.807, 2.05) is 0 Å². The zero-order chi connectivity index (χ0) is 13.3. The number of hydrogen-bond acceptors (Lipinski definition) is 2. The van der Waals surface area contributed by atoms with E-state index in [1.165, 1.54) is 0 Å². The van der Waals surface area contributed by atoms with E-state index in [2.05, 4.69) is 4.98 Å². The molecule has 94 valence electrons. The number of halogens is 4. The van der Waals surface area contributed by atoms with Gasteiger partial charge in [0.15, 0.2) is 0 Å². The lowest BCUT2D eigenvalue weighted by Crippen LogP contribution is -2.07. The van der Waals surface area contributed by atoms with Crippen molar-refractivity contribution in [2.75, 3.05) is 0 Å². The van der Waals surface area contributed by atoms with E-state index in [0.717, 1.165) is 18.5 Å². The Kier molecular flexibility index (Phi) is 3.29. The van der Waals surface area contributed by atoms with Crippen LogP contribution in [0.3, 0.4) is 0 Å². The van der Waals surface area contributed by atoms with E-state index in [9.17, 15) is 22.7 Å². The molecule has 2 aromatic rings. The molecular formula is C12H7F4NO. The number of aromatic nitrogens is 1. The van der Waals surface area contributed by atoms with E-state index in [4.69, 9.17) is 0 Å². The van der Waals surface area contributed by atoms with Crippen LogP contribution in [-0.2, 0) is 0 Å². The zero-order valence-electron chi connectivity index (χ0n) is 8.87. The van der Waals surface area contributed by atoms with Crippen molar-refractivity contribution in [3.05, 3.63) is 65.0 Å². The minimum atomic E-state index is -1.76. The van der Waals surface area contributed by atoms with E-state index in [1.54, 1.807) is 0 Å². The third kappa shape index (κ3) is 2.33. The molecule has 2 rings (SSSR count). The summed E-state index contributed by atoms with van der Waals surface area (Å²) in [5.41, 5.74) is -0.872. The predicted molar refractivity (Wildman–Crippen MR) is 54.6 cm³/mol. The molecule has 0 spiro atoms. The molecule has 0 saturated carbocycles. The van der Waals surface area contributed by atoms with Crippen molar-refractivity contribution in [1.82, 2.24) is 4.98 Å². The van der Waals surface area contributed by atoms with Crippen molar-refractivity contribution >= 4 is 0 Å². The molecule has 1 N–H and O–H groups in total. The molecule has 1 aromatic carbocycles. The third-order valence-electron chi connectivity index (χ3n) is 2.36. The third-order valence-corrected chi connectivity index (χ3v) is 2.36. The van der Waals surface area contributed by atoms with Crippen LogP contribution in [0.1, 0.15) is 17.2 Å². The van der Waals surface area contributed by atoms with Crippen LogP contribution >= 0.6 is 0 Å². The van der Waals surface area contributed by atoms with Crippen LogP contribution in [-0.4, -0.2) is 10.1 Å². The fourth-order valence-corrected chi connectivity index (χ4v) is 1.56. The molecule has 6 heteroatoms. The molecule has 0 saturated heterocycles. The highest BCUT2D eigenvalue weighted by molar-refractivity contribution is 5.31. The monoisotopic (exact) mass is 257 g/mol. The van der Waals surface area contributed by atoms with Crippen molar-refractivity contribution < 1.29 is 22.7 Å². The number of nitrogens with zero attached hydrogens (tertiary/aromatic N) is 1. The maximum atomic E-state index is 13.4. The fraction of sp³-hybridized carbons (Fsp3) is 0.0833. The highest BCUT2D eigenvalue weighted by Gasteiger charge is 2.21. The second kappa shape index (κ2) is 4.73. The van der Waals surface area contributed by atoms with Gasteiger partial charge in [-0.2, -0.15) is 0 Å². The Hall–Kier alpha value is -1.95. The smallest absolute Gasteiger partial charge is 0.141 e. The molecule has 0 aliphatic rings. The first kappa shape index (κ1) is 12.5. The number of pyridine rings is 1. The second-order valence-corrected chi connectivity index (χ2v) is 3.62. The molecule has 0 aliphatic carbocycles. The van der Waals surface area contributed by atoms with Gasteiger partial charge in [-0.15, -0.1) is 0 Å². The van der Waals surface area contributed by atoms with Gasteiger partial charge < -0.3 is 5.11 Å². The van der Waals surface area contributed by atoms with Gasteiger partial charge in [0.1, 0.15) is 29.4 Å². The van der Waals surface area contributed by atoms with Gasteiger partial charge in [0.25, 0.3) is 0 Å². The van der Waals surface area contributed by atoms with Crippen LogP contribution < -0.4 is 0 Å². The van der Waals surface area contributed by atoms with E-state index in [0.29, 0.717) is 12.1 Å². The number of rotatable bonds is 2. The quantitative estimate of drug-likeness (QED) is 0.839. The van der Waals surface area contributed by atoms with E-state index < -0.39 is 34.9 Å². The van der Waals surface area contributed by atoms with Crippen molar-refractivity contribution in [3.63, 3.8) is 0 Å². The molecule has 2 nitrogen and oxygen atoms in total. The van der Waals surface area contributed by atoms with Crippen LogP contribution in [0, 0.1) is 23.3 Å². The first-order valence-electron chi connectivity index (χ1n) is 4.92. The van der Waals surface area contributed by atoms with E-state index >= 15 is 0 Å². The topological polar surface area (TPSA) is 33.1 Å². The molecule has 0 aliphatic heterocycles.